The lowest BCUT2D eigenvalue weighted by Crippen LogP contribution is -2.46. The summed E-state index contributed by atoms with van der Waals surface area (Å²) < 4.78 is 16.5. The van der Waals surface area contributed by atoms with Crippen molar-refractivity contribution < 1.29 is 28.6 Å². The Morgan fingerprint density at radius 3 is 2.90 bits per heavy atom. The molecule has 0 radical (unpaired) electrons. The van der Waals surface area contributed by atoms with Crippen molar-refractivity contribution >= 4 is 18.0 Å². The molecule has 2 aliphatic heterocycles. The molecule has 2 amide bonds. The zero-order chi connectivity index (χ0) is 22.1. The number of fused-ring (bicyclic) bond motifs is 4. The Labute approximate surface area is 183 Å². The van der Waals surface area contributed by atoms with Gasteiger partial charge in [-0.2, -0.15) is 0 Å². The average molecular weight is 433 g/mol. The van der Waals surface area contributed by atoms with E-state index >= 15 is 0 Å². The minimum absolute atomic E-state index is 0.231. The maximum atomic E-state index is 12.7. The first-order valence-corrected chi connectivity index (χ1v) is 11.1. The highest BCUT2D eigenvalue weighted by molar-refractivity contribution is 5.88. The lowest BCUT2D eigenvalue weighted by Gasteiger charge is -2.23. The number of carbonyl (C=O) groups excluding carboxylic acids is 3. The van der Waals surface area contributed by atoms with Gasteiger partial charge in [-0.05, 0) is 43.2 Å². The molecule has 1 N–H and O–H groups in total. The van der Waals surface area contributed by atoms with Crippen molar-refractivity contribution in [2.45, 2.75) is 64.2 Å². The van der Waals surface area contributed by atoms with Crippen LogP contribution in [0.2, 0.25) is 0 Å². The van der Waals surface area contributed by atoms with Gasteiger partial charge in [0.2, 0.25) is 5.91 Å². The Morgan fingerprint density at radius 1 is 1.23 bits per heavy atom. The summed E-state index contributed by atoms with van der Waals surface area (Å²) in [7, 11) is 0. The Kier molecular flexibility index (Phi) is 8.70. The highest BCUT2D eigenvalue weighted by atomic mass is 16.5. The van der Waals surface area contributed by atoms with Crippen LogP contribution in [0.15, 0.2) is 24.3 Å². The van der Waals surface area contributed by atoms with Crippen LogP contribution in [0.5, 0.6) is 0 Å². The van der Waals surface area contributed by atoms with Gasteiger partial charge in [-0.15, -0.1) is 0 Å². The lowest BCUT2D eigenvalue weighted by molar-refractivity contribution is -0.153. The maximum Gasteiger partial charge on any atom is 0.407 e. The van der Waals surface area contributed by atoms with Gasteiger partial charge < -0.3 is 24.4 Å². The van der Waals surface area contributed by atoms with E-state index in [9.17, 15) is 14.4 Å². The first-order valence-electron chi connectivity index (χ1n) is 11.1. The average Bonchev–Trinajstić information content (AvgIpc) is 3.21. The van der Waals surface area contributed by atoms with E-state index in [0.717, 1.165) is 31.2 Å². The molecule has 0 spiro atoms. The number of cyclic esters (lactones) is 1. The van der Waals surface area contributed by atoms with Crippen molar-refractivity contribution in [3.8, 4) is 0 Å². The fourth-order valence-corrected chi connectivity index (χ4v) is 3.88. The quantitative estimate of drug-likeness (QED) is 0.738. The van der Waals surface area contributed by atoms with Gasteiger partial charge in [0.25, 0.3) is 0 Å². The van der Waals surface area contributed by atoms with Crippen LogP contribution in [0.3, 0.4) is 0 Å². The van der Waals surface area contributed by atoms with Gasteiger partial charge in [-0.3, -0.25) is 4.79 Å². The molecule has 31 heavy (non-hydrogen) atoms. The summed E-state index contributed by atoms with van der Waals surface area (Å²) in [5, 5.41) is 2.48. The van der Waals surface area contributed by atoms with Gasteiger partial charge in [0, 0.05) is 13.0 Å². The molecule has 2 atom stereocenters. The molecule has 8 nitrogen and oxygen atoms in total. The van der Waals surface area contributed by atoms with Gasteiger partial charge >= 0.3 is 12.1 Å². The minimum Gasteiger partial charge on any atom is -0.464 e. The summed E-state index contributed by atoms with van der Waals surface area (Å²) in [6.45, 7) is 3.00. The van der Waals surface area contributed by atoms with Crippen molar-refractivity contribution in [1.29, 1.82) is 0 Å². The number of nitrogens with zero attached hydrogens (tertiary/aromatic N) is 1. The van der Waals surface area contributed by atoms with E-state index < -0.39 is 18.1 Å². The smallest absolute Gasteiger partial charge is 0.407 e. The number of carbonyl (C=O) groups is 3. The number of hydrogen-bond acceptors (Lipinski definition) is 6. The molecule has 1 fully saturated rings. The largest absolute Gasteiger partial charge is 0.464 e. The summed E-state index contributed by atoms with van der Waals surface area (Å²) in [6, 6.07) is 7.57. The van der Waals surface area contributed by atoms with E-state index in [-0.39, 0.29) is 25.1 Å². The number of alkyl carbamates (subject to hydrolysis) is 1. The molecule has 1 aromatic carbocycles. The number of rotatable bonds is 3. The molecule has 0 saturated carbocycles. The van der Waals surface area contributed by atoms with Crippen LogP contribution in [-0.4, -0.2) is 61.3 Å². The molecular weight excluding hydrogens is 400 g/mol. The van der Waals surface area contributed by atoms with E-state index in [1.807, 2.05) is 19.1 Å². The van der Waals surface area contributed by atoms with Crippen LogP contribution in [-0.2, 0) is 36.8 Å². The first kappa shape index (κ1) is 23.1. The van der Waals surface area contributed by atoms with Crippen LogP contribution in [0.1, 0.15) is 50.2 Å². The fraction of sp³-hybridized carbons (Fsp3) is 0.609. The van der Waals surface area contributed by atoms with Crippen LogP contribution < -0.4 is 5.32 Å². The zero-order valence-corrected chi connectivity index (χ0v) is 18.1. The van der Waals surface area contributed by atoms with Gasteiger partial charge in [0.15, 0.2) is 0 Å². The molecule has 4 bridgehead atoms. The standard InChI is InChI=1S/C23H32N2O6/c1-2-10-29-22(27)20-13-19-15-25(20)21(26)14-24-23(28)30-11-5-3-4-7-17-8-6-9-18(12-17)16-31-19/h6,8-9,12,19-20H,2-5,7,10-11,13-16H2,1H3,(H,24,28)/t19-,20+/m1/s1. The molecule has 0 unspecified atom stereocenters. The third-order valence-corrected chi connectivity index (χ3v) is 5.51. The van der Waals surface area contributed by atoms with Gasteiger partial charge in [0.05, 0.1) is 25.9 Å². The maximum absolute atomic E-state index is 12.7. The Hall–Kier alpha value is -2.61. The molecule has 0 aromatic heterocycles. The molecule has 170 valence electrons. The third kappa shape index (κ3) is 6.95. The highest BCUT2D eigenvalue weighted by Crippen LogP contribution is 2.23. The minimum atomic E-state index is -0.713. The number of ether oxygens (including phenoxy) is 3. The second-order valence-corrected chi connectivity index (χ2v) is 8.02. The summed E-state index contributed by atoms with van der Waals surface area (Å²) >= 11 is 0. The molecule has 8 heteroatoms. The van der Waals surface area contributed by atoms with E-state index in [4.69, 9.17) is 14.2 Å². The lowest BCUT2D eigenvalue weighted by atomic mass is 10.0. The predicted octanol–water partition coefficient (Wildman–Crippen LogP) is 2.58. The predicted molar refractivity (Wildman–Crippen MR) is 113 cm³/mol. The van der Waals surface area contributed by atoms with Crippen LogP contribution >= 0.6 is 0 Å². The zero-order valence-electron chi connectivity index (χ0n) is 18.1. The Morgan fingerprint density at radius 2 is 2.06 bits per heavy atom. The normalized spacial score (nSPS) is 23.3. The molecule has 0 aliphatic carbocycles. The SMILES string of the molecule is CCCOC(=O)[C@@H]1C[C@@H]2CN1C(=O)CNC(=O)OCCCCCc1cccc(c1)CO2. The van der Waals surface area contributed by atoms with E-state index in [2.05, 4.69) is 17.4 Å². The third-order valence-electron chi connectivity index (χ3n) is 5.51. The first-order chi connectivity index (χ1) is 15.1. The van der Waals surface area contributed by atoms with Crippen LogP contribution in [0.25, 0.3) is 0 Å². The van der Waals surface area contributed by atoms with Gasteiger partial charge in [0.1, 0.15) is 12.6 Å². The number of amides is 2. The summed E-state index contributed by atoms with van der Waals surface area (Å²) in [5.41, 5.74) is 2.31. The van der Waals surface area contributed by atoms with Crippen molar-refractivity contribution in [3.05, 3.63) is 35.4 Å². The van der Waals surface area contributed by atoms with Crippen molar-refractivity contribution in [2.75, 3.05) is 26.3 Å². The second-order valence-electron chi connectivity index (χ2n) is 8.02. The number of nitrogens with one attached hydrogen (secondary N) is 1. The second kappa shape index (κ2) is 11.7. The van der Waals surface area contributed by atoms with Gasteiger partial charge in [-0.1, -0.05) is 31.2 Å². The number of esters is 1. The molecule has 1 aromatic rings. The van der Waals surface area contributed by atoms with Crippen LogP contribution in [0.4, 0.5) is 4.79 Å². The highest BCUT2D eigenvalue weighted by Gasteiger charge is 2.41. The Bertz CT molecular complexity index is 768. The van der Waals surface area contributed by atoms with E-state index in [1.54, 1.807) is 0 Å². The Balaban J connectivity index is 1.72. The van der Waals surface area contributed by atoms with Gasteiger partial charge in [-0.25, -0.2) is 9.59 Å². The molecule has 1 saturated heterocycles. The molecule has 2 aliphatic rings. The number of benzene rings is 1. The summed E-state index contributed by atoms with van der Waals surface area (Å²) in [5.74, 6) is -0.790. The van der Waals surface area contributed by atoms with Crippen molar-refractivity contribution in [2.24, 2.45) is 0 Å². The summed E-state index contributed by atoms with van der Waals surface area (Å²) in [4.78, 5) is 38.6. The van der Waals surface area contributed by atoms with Crippen LogP contribution in [0, 0.1) is 0 Å². The van der Waals surface area contributed by atoms with E-state index in [0.29, 0.717) is 32.7 Å². The summed E-state index contributed by atoms with van der Waals surface area (Å²) in [6.07, 6.45) is 3.85. The number of aryl methyl sites for hydroxylation is 1. The van der Waals surface area contributed by atoms with Crippen molar-refractivity contribution in [1.82, 2.24) is 10.2 Å². The topological polar surface area (TPSA) is 94.2 Å². The number of hydrogen-bond donors (Lipinski definition) is 1. The fourth-order valence-electron chi connectivity index (χ4n) is 3.88. The molecule has 2 heterocycles. The van der Waals surface area contributed by atoms with Crippen molar-refractivity contribution in [3.63, 3.8) is 0 Å². The molecule has 3 rings (SSSR count). The molecular formula is C23H32N2O6. The van der Waals surface area contributed by atoms with E-state index in [1.165, 1.54) is 10.5 Å². The monoisotopic (exact) mass is 432 g/mol.